The molecule has 2 saturated heterocycles. The number of rotatable bonds is 5. The summed E-state index contributed by atoms with van der Waals surface area (Å²) in [5, 5.41) is 0.613. The molecule has 3 heterocycles. The molecule has 2 amide bonds. The Morgan fingerprint density at radius 3 is 2.70 bits per heavy atom. The van der Waals surface area contributed by atoms with Crippen molar-refractivity contribution >= 4 is 34.9 Å². The predicted octanol–water partition coefficient (Wildman–Crippen LogP) is 2.23. The van der Waals surface area contributed by atoms with Gasteiger partial charge in [-0.25, -0.2) is 0 Å². The summed E-state index contributed by atoms with van der Waals surface area (Å²) in [5.41, 5.74) is 0.765. The number of amides is 2. The van der Waals surface area contributed by atoms with Crippen LogP contribution in [0, 0.1) is 5.92 Å². The number of carbonyl (C=O) groups is 2. The first-order valence-corrected chi connectivity index (χ1v) is 10.3. The van der Waals surface area contributed by atoms with Crippen molar-refractivity contribution in [1.82, 2.24) is 14.9 Å². The van der Waals surface area contributed by atoms with E-state index >= 15 is 0 Å². The number of halogens is 1. The summed E-state index contributed by atoms with van der Waals surface area (Å²) in [4.78, 5) is 39.3. The van der Waals surface area contributed by atoms with Gasteiger partial charge in [-0.2, -0.15) is 4.98 Å². The summed E-state index contributed by atoms with van der Waals surface area (Å²) in [6.07, 6.45) is 4.06. The quantitative estimate of drug-likeness (QED) is 0.725. The molecule has 30 heavy (non-hydrogen) atoms. The topological polar surface area (TPSA) is 78.9 Å². The number of hydrogen-bond acceptors (Lipinski definition) is 6. The van der Waals surface area contributed by atoms with Gasteiger partial charge in [0.05, 0.1) is 24.9 Å². The van der Waals surface area contributed by atoms with Crippen molar-refractivity contribution in [2.24, 2.45) is 5.92 Å². The van der Waals surface area contributed by atoms with Crippen molar-refractivity contribution in [2.75, 3.05) is 43.5 Å². The Morgan fingerprint density at radius 2 is 1.97 bits per heavy atom. The zero-order valence-corrected chi connectivity index (χ0v) is 17.7. The Morgan fingerprint density at radius 1 is 1.20 bits per heavy atom. The minimum atomic E-state index is -0.344. The van der Waals surface area contributed by atoms with Gasteiger partial charge in [0.15, 0.2) is 5.82 Å². The summed E-state index contributed by atoms with van der Waals surface area (Å²) in [6.45, 7) is 1.48. The first-order chi connectivity index (χ1) is 14.4. The number of benzene rings is 1. The van der Waals surface area contributed by atoms with Crippen LogP contribution in [0.5, 0.6) is 5.88 Å². The van der Waals surface area contributed by atoms with Crippen molar-refractivity contribution < 1.29 is 14.3 Å². The molecule has 4 rings (SSSR count). The highest BCUT2D eigenvalue weighted by Gasteiger charge is 2.39. The van der Waals surface area contributed by atoms with Crippen molar-refractivity contribution in [2.45, 2.75) is 18.9 Å². The second-order valence-electron chi connectivity index (χ2n) is 7.80. The fourth-order valence-corrected chi connectivity index (χ4v) is 3.93. The summed E-state index contributed by atoms with van der Waals surface area (Å²) in [5.74, 6) is 0.775. The van der Waals surface area contributed by atoms with E-state index in [0.29, 0.717) is 36.4 Å². The molecule has 0 aliphatic carbocycles. The van der Waals surface area contributed by atoms with Crippen LogP contribution >= 0.6 is 11.6 Å². The molecule has 9 heteroatoms. The number of hydrogen-bond donors (Lipinski definition) is 0. The third-order valence-electron chi connectivity index (χ3n) is 5.41. The van der Waals surface area contributed by atoms with Gasteiger partial charge < -0.3 is 19.4 Å². The number of anilines is 2. The largest absolute Gasteiger partial charge is 0.471 e. The maximum atomic E-state index is 13.0. The summed E-state index contributed by atoms with van der Waals surface area (Å²) < 4.78 is 5.95. The lowest BCUT2D eigenvalue weighted by molar-refractivity contribution is -0.135. The number of likely N-dealkylation sites (tertiary alicyclic amines) is 1. The van der Waals surface area contributed by atoms with E-state index in [1.54, 1.807) is 46.5 Å². The Hall–Kier alpha value is -2.87. The van der Waals surface area contributed by atoms with Crippen LogP contribution < -0.4 is 14.5 Å². The molecule has 2 fully saturated rings. The Bertz CT molecular complexity index is 936. The number of ether oxygens (including phenoxy) is 1. The van der Waals surface area contributed by atoms with Crippen LogP contribution in [0.4, 0.5) is 11.5 Å². The van der Waals surface area contributed by atoms with Crippen LogP contribution in [0.2, 0.25) is 5.02 Å². The monoisotopic (exact) mass is 429 g/mol. The first kappa shape index (κ1) is 20.4. The zero-order chi connectivity index (χ0) is 21.3. The number of aromatic nitrogens is 2. The van der Waals surface area contributed by atoms with Gasteiger partial charge in [0, 0.05) is 50.7 Å². The molecular weight excluding hydrogens is 406 g/mol. The highest BCUT2D eigenvalue weighted by molar-refractivity contribution is 6.30. The van der Waals surface area contributed by atoms with Gasteiger partial charge in [-0.15, -0.1) is 0 Å². The molecule has 2 atom stereocenters. The molecular formula is C21H24ClN5O3. The van der Waals surface area contributed by atoms with Gasteiger partial charge in [-0.1, -0.05) is 11.6 Å². The third-order valence-corrected chi connectivity index (χ3v) is 5.67. The first-order valence-electron chi connectivity index (χ1n) is 9.91. The molecule has 1 aromatic carbocycles. The maximum absolute atomic E-state index is 13.0. The lowest BCUT2D eigenvalue weighted by Crippen LogP contribution is -2.37. The second kappa shape index (κ2) is 8.47. The maximum Gasteiger partial charge on any atom is 0.234 e. The van der Waals surface area contributed by atoms with E-state index in [2.05, 4.69) is 9.97 Å². The highest BCUT2D eigenvalue weighted by atomic mass is 35.5. The van der Waals surface area contributed by atoms with Gasteiger partial charge in [0.2, 0.25) is 17.7 Å². The van der Waals surface area contributed by atoms with Crippen molar-refractivity contribution in [3.8, 4) is 5.88 Å². The Balaban J connectivity index is 1.35. The molecule has 2 unspecified atom stereocenters. The summed E-state index contributed by atoms with van der Waals surface area (Å²) >= 11 is 5.93. The van der Waals surface area contributed by atoms with E-state index in [9.17, 15) is 9.59 Å². The van der Waals surface area contributed by atoms with Gasteiger partial charge >= 0.3 is 0 Å². The molecule has 2 aromatic rings. The van der Waals surface area contributed by atoms with E-state index in [-0.39, 0.29) is 30.3 Å². The second-order valence-corrected chi connectivity index (χ2v) is 8.24. The fraction of sp³-hybridized carbons (Fsp3) is 0.429. The highest BCUT2D eigenvalue weighted by Crippen LogP contribution is 2.28. The smallest absolute Gasteiger partial charge is 0.234 e. The normalized spacial score (nSPS) is 21.2. The zero-order valence-electron chi connectivity index (χ0n) is 17.0. The van der Waals surface area contributed by atoms with Crippen molar-refractivity contribution in [3.63, 3.8) is 0 Å². The van der Waals surface area contributed by atoms with Crippen LogP contribution in [0.25, 0.3) is 0 Å². The molecule has 0 saturated carbocycles. The molecule has 0 bridgehead atoms. The van der Waals surface area contributed by atoms with E-state index in [0.717, 1.165) is 12.1 Å². The van der Waals surface area contributed by atoms with Crippen molar-refractivity contribution in [1.29, 1.82) is 0 Å². The SMILES string of the molecule is CN(C)c1cncc(OC2CCN(C(=O)C3CC(=O)N(c4ccc(Cl)cc4)C3)C2)n1. The molecule has 2 aliphatic heterocycles. The van der Waals surface area contributed by atoms with Crippen molar-refractivity contribution in [3.05, 3.63) is 41.7 Å². The van der Waals surface area contributed by atoms with Gasteiger partial charge in [-0.3, -0.25) is 14.6 Å². The van der Waals surface area contributed by atoms with E-state index in [4.69, 9.17) is 16.3 Å². The van der Waals surface area contributed by atoms with Crippen LogP contribution in [-0.4, -0.2) is 66.5 Å². The van der Waals surface area contributed by atoms with Gasteiger partial charge in [0.25, 0.3) is 0 Å². The lowest BCUT2D eigenvalue weighted by atomic mass is 10.1. The third kappa shape index (κ3) is 4.33. The molecule has 0 spiro atoms. The molecule has 0 N–H and O–H groups in total. The van der Waals surface area contributed by atoms with Crippen LogP contribution in [-0.2, 0) is 9.59 Å². The predicted molar refractivity (Wildman–Crippen MR) is 114 cm³/mol. The number of carbonyl (C=O) groups excluding carboxylic acids is 2. The minimum Gasteiger partial charge on any atom is -0.471 e. The van der Waals surface area contributed by atoms with E-state index < -0.39 is 0 Å². The summed E-state index contributed by atoms with van der Waals surface area (Å²) in [6, 6.07) is 7.09. The molecule has 8 nitrogen and oxygen atoms in total. The molecule has 1 aromatic heterocycles. The molecule has 158 valence electrons. The minimum absolute atomic E-state index is 0.000889. The van der Waals surface area contributed by atoms with Gasteiger partial charge in [0.1, 0.15) is 6.10 Å². The molecule has 0 radical (unpaired) electrons. The average molecular weight is 430 g/mol. The summed E-state index contributed by atoms with van der Waals surface area (Å²) in [7, 11) is 3.78. The van der Waals surface area contributed by atoms with Gasteiger partial charge in [-0.05, 0) is 24.3 Å². The fourth-order valence-electron chi connectivity index (χ4n) is 3.81. The lowest BCUT2D eigenvalue weighted by Gasteiger charge is -2.21. The van der Waals surface area contributed by atoms with Crippen LogP contribution in [0.3, 0.4) is 0 Å². The Labute approximate surface area is 180 Å². The van der Waals surface area contributed by atoms with E-state index in [1.807, 2.05) is 19.0 Å². The van der Waals surface area contributed by atoms with Crippen LogP contribution in [0.15, 0.2) is 36.7 Å². The van der Waals surface area contributed by atoms with Crippen LogP contribution in [0.1, 0.15) is 12.8 Å². The van der Waals surface area contributed by atoms with E-state index in [1.165, 1.54) is 0 Å². The number of nitrogens with zero attached hydrogens (tertiary/aromatic N) is 5. The Kier molecular flexibility index (Phi) is 5.76. The molecule has 2 aliphatic rings. The average Bonchev–Trinajstić information content (AvgIpc) is 3.35. The standard InChI is InChI=1S/C21H24ClN5O3/c1-25(2)18-10-23-11-19(24-18)30-17-7-8-26(13-17)21(29)14-9-20(28)27(12-14)16-5-3-15(22)4-6-16/h3-6,10-11,14,17H,7-9,12-13H2,1-2H3.